The molecule has 100 valence electrons. The lowest BCUT2D eigenvalue weighted by Crippen LogP contribution is -2.10. The molecule has 1 aromatic carbocycles. The predicted molar refractivity (Wildman–Crippen MR) is 78.5 cm³/mol. The summed E-state index contributed by atoms with van der Waals surface area (Å²) in [6, 6.07) is 12.1. The van der Waals surface area contributed by atoms with E-state index in [0.29, 0.717) is 5.56 Å². The first-order chi connectivity index (χ1) is 9.68. The van der Waals surface area contributed by atoms with Crippen LogP contribution in [0.2, 0.25) is 0 Å². The first kappa shape index (κ1) is 12.4. The number of carbonyl (C=O) groups excluding carboxylic acids is 1. The molecule has 2 aromatic heterocycles. The Balaban J connectivity index is 2.19. The van der Waals surface area contributed by atoms with Gasteiger partial charge >= 0.3 is 0 Å². The number of nitrogens with two attached hydrogens (primary N) is 1. The molecule has 1 unspecified atom stereocenters. The topological polar surface area (TPSA) is 60.9 Å². The van der Waals surface area contributed by atoms with E-state index in [2.05, 4.69) is 24.0 Å². The van der Waals surface area contributed by atoms with Crippen molar-refractivity contribution in [1.82, 2.24) is 9.55 Å². The van der Waals surface area contributed by atoms with Crippen LogP contribution in [0.15, 0.2) is 55.0 Å². The van der Waals surface area contributed by atoms with E-state index in [0.717, 1.165) is 10.9 Å². The smallest absolute Gasteiger partial charge is 0.250 e. The lowest BCUT2D eigenvalue weighted by Gasteiger charge is -2.15. The van der Waals surface area contributed by atoms with Gasteiger partial charge in [0, 0.05) is 17.8 Å². The molecule has 4 heteroatoms. The van der Waals surface area contributed by atoms with Crippen molar-refractivity contribution in [1.29, 1.82) is 0 Å². The van der Waals surface area contributed by atoms with Crippen molar-refractivity contribution >= 4 is 16.8 Å². The molecule has 0 saturated carbocycles. The van der Waals surface area contributed by atoms with E-state index in [4.69, 9.17) is 5.73 Å². The summed E-state index contributed by atoms with van der Waals surface area (Å²) in [5.74, 6) is -0.416. The Morgan fingerprint density at radius 2 is 2.00 bits per heavy atom. The minimum Gasteiger partial charge on any atom is -0.366 e. The maximum Gasteiger partial charge on any atom is 0.250 e. The number of benzene rings is 1. The van der Waals surface area contributed by atoms with Gasteiger partial charge in [-0.15, -0.1) is 0 Å². The summed E-state index contributed by atoms with van der Waals surface area (Å²) in [7, 11) is 0. The molecule has 2 N–H and O–H groups in total. The lowest BCUT2D eigenvalue weighted by atomic mass is 10.1. The van der Waals surface area contributed by atoms with Gasteiger partial charge in [0.15, 0.2) is 0 Å². The minimum atomic E-state index is -0.416. The van der Waals surface area contributed by atoms with Crippen molar-refractivity contribution in [2.45, 2.75) is 13.0 Å². The van der Waals surface area contributed by atoms with Gasteiger partial charge in [0.25, 0.3) is 5.91 Å². The van der Waals surface area contributed by atoms with E-state index < -0.39 is 5.91 Å². The van der Waals surface area contributed by atoms with E-state index in [-0.39, 0.29) is 6.04 Å². The summed E-state index contributed by atoms with van der Waals surface area (Å²) in [6.45, 7) is 2.09. The van der Waals surface area contributed by atoms with Crippen LogP contribution in [0.1, 0.15) is 28.9 Å². The van der Waals surface area contributed by atoms with Gasteiger partial charge < -0.3 is 10.3 Å². The van der Waals surface area contributed by atoms with Gasteiger partial charge in [0.1, 0.15) is 0 Å². The molecule has 0 radical (unpaired) electrons. The number of aromatic nitrogens is 2. The Hall–Kier alpha value is -2.62. The van der Waals surface area contributed by atoms with Gasteiger partial charge in [-0.25, -0.2) is 0 Å². The van der Waals surface area contributed by atoms with Crippen molar-refractivity contribution in [2.24, 2.45) is 5.73 Å². The number of nitrogens with zero attached hydrogens (tertiary/aromatic N) is 2. The summed E-state index contributed by atoms with van der Waals surface area (Å²) < 4.78 is 2.04. The summed E-state index contributed by atoms with van der Waals surface area (Å²) >= 11 is 0. The summed E-state index contributed by atoms with van der Waals surface area (Å²) in [5, 5.41) is 0.843. The van der Waals surface area contributed by atoms with Gasteiger partial charge in [-0.05, 0) is 18.6 Å². The second kappa shape index (κ2) is 4.81. The Morgan fingerprint density at radius 1 is 1.25 bits per heavy atom. The number of pyridine rings is 1. The summed E-state index contributed by atoms with van der Waals surface area (Å²) in [4.78, 5) is 15.7. The van der Waals surface area contributed by atoms with Gasteiger partial charge in [-0.1, -0.05) is 30.3 Å². The Bertz CT molecular complexity index is 762. The lowest BCUT2D eigenvalue weighted by molar-refractivity contribution is 0.100. The zero-order valence-corrected chi connectivity index (χ0v) is 11.2. The number of carbonyl (C=O) groups is 1. The molecule has 0 aliphatic rings. The van der Waals surface area contributed by atoms with Crippen molar-refractivity contribution in [3.63, 3.8) is 0 Å². The van der Waals surface area contributed by atoms with Crippen LogP contribution in [0.4, 0.5) is 0 Å². The van der Waals surface area contributed by atoms with Crippen molar-refractivity contribution in [3.05, 3.63) is 66.1 Å². The molecule has 0 aliphatic carbocycles. The highest BCUT2D eigenvalue weighted by atomic mass is 16.1. The second-order valence-corrected chi connectivity index (χ2v) is 4.79. The zero-order valence-electron chi connectivity index (χ0n) is 11.2. The molecule has 0 aliphatic heterocycles. The molecular weight excluding hydrogens is 250 g/mol. The molecule has 4 nitrogen and oxygen atoms in total. The van der Waals surface area contributed by atoms with E-state index in [9.17, 15) is 4.79 Å². The van der Waals surface area contributed by atoms with Crippen LogP contribution in [0.3, 0.4) is 0 Å². The predicted octanol–water partition coefficient (Wildman–Crippen LogP) is 2.74. The molecule has 3 rings (SSSR count). The molecule has 2 heterocycles. The molecular formula is C16H15N3O. The van der Waals surface area contributed by atoms with Crippen LogP contribution >= 0.6 is 0 Å². The number of primary amides is 1. The fourth-order valence-electron chi connectivity index (χ4n) is 2.51. The molecule has 20 heavy (non-hydrogen) atoms. The van der Waals surface area contributed by atoms with Crippen LogP contribution in [0, 0.1) is 0 Å². The van der Waals surface area contributed by atoms with Gasteiger partial charge in [-0.2, -0.15) is 0 Å². The van der Waals surface area contributed by atoms with Gasteiger partial charge in [0.05, 0.1) is 23.3 Å². The van der Waals surface area contributed by atoms with Crippen molar-refractivity contribution in [2.75, 3.05) is 0 Å². The second-order valence-electron chi connectivity index (χ2n) is 4.79. The highest BCUT2D eigenvalue weighted by Crippen LogP contribution is 2.27. The highest BCUT2D eigenvalue weighted by molar-refractivity contribution is 6.06. The van der Waals surface area contributed by atoms with Gasteiger partial charge in [0.2, 0.25) is 0 Å². The van der Waals surface area contributed by atoms with Gasteiger partial charge in [-0.3, -0.25) is 9.78 Å². The normalized spacial score (nSPS) is 12.4. The fraction of sp³-hybridized carbons (Fsp3) is 0.125. The quantitative estimate of drug-likeness (QED) is 0.791. The average Bonchev–Trinajstić information content (AvgIpc) is 2.87. The molecule has 0 saturated heterocycles. The molecule has 1 atom stereocenters. The number of hydrogen-bond donors (Lipinski definition) is 1. The van der Waals surface area contributed by atoms with Crippen molar-refractivity contribution in [3.8, 4) is 0 Å². The van der Waals surface area contributed by atoms with E-state index >= 15 is 0 Å². The molecule has 0 spiro atoms. The summed E-state index contributed by atoms with van der Waals surface area (Å²) in [5.41, 5.74) is 8.08. The third-order valence-corrected chi connectivity index (χ3v) is 3.60. The van der Waals surface area contributed by atoms with Crippen molar-refractivity contribution < 1.29 is 4.79 Å². The minimum absolute atomic E-state index is 0.107. The van der Waals surface area contributed by atoms with Crippen LogP contribution < -0.4 is 5.73 Å². The van der Waals surface area contributed by atoms with Crippen LogP contribution in [-0.4, -0.2) is 15.5 Å². The average molecular weight is 265 g/mol. The highest BCUT2D eigenvalue weighted by Gasteiger charge is 2.16. The number of rotatable bonds is 3. The standard InChI is InChI=1S/C16H15N3O/c1-11(12-5-3-2-4-6-12)19-10-14(16(17)20)13-7-8-18-9-15(13)19/h2-11H,1H3,(H2,17,20). The first-order valence-corrected chi connectivity index (χ1v) is 6.48. The molecule has 0 fully saturated rings. The van der Waals surface area contributed by atoms with E-state index in [1.54, 1.807) is 12.4 Å². The number of hydrogen-bond acceptors (Lipinski definition) is 2. The number of amides is 1. The maximum atomic E-state index is 11.6. The monoisotopic (exact) mass is 265 g/mol. The Labute approximate surface area is 116 Å². The third-order valence-electron chi connectivity index (χ3n) is 3.60. The zero-order chi connectivity index (χ0) is 14.1. The van der Waals surface area contributed by atoms with Crippen LogP contribution in [0.25, 0.3) is 10.9 Å². The third kappa shape index (κ3) is 1.95. The SMILES string of the molecule is CC(c1ccccc1)n1cc(C(N)=O)c2ccncc21. The van der Waals surface area contributed by atoms with E-state index in [1.807, 2.05) is 35.0 Å². The number of fused-ring (bicyclic) bond motifs is 1. The molecule has 0 bridgehead atoms. The maximum absolute atomic E-state index is 11.6. The van der Waals surface area contributed by atoms with E-state index in [1.165, 1.54) is 5.56 Å². The Kier molecular flexibility index (Phi) is 2.99. The summed E-state index contributed by atoms with van der Waals surface area (Å²) in [6.07, 6.45) is 5.25. The molecule has 1 amide bonds. The molecule has 3 aromatic rings. The largest absolute Gasteiger partial charge is 0.366 e. The van der Waals surface area contributed by atoms with Crippen LogP contribution in [0.5, 0.6) is 0 Å². The fourth-order valence-corrected chi connectivity index (χ4v) is 2.51. The first-order valence-electron chi connectivity index (χ1n) is 6.48. The Morgan fingerprint density at radius 3 is 2.70 bits per heavy atom. The van der Waals surface area contributed by atoms with Crippen LogP contribution in [-0.2, 0) is 0 Å².